The molecule has 0 unspecified atom stereocenters. The molecule has 0 saturated carbocycles. The van der Waals surface area contributed by atoms with Crippen molar-refractivity contribution in [3.63, 3.8) is 0 Å². The number of β-lactam (4-membered cyclic amide) rings is 1. The number of nitro benzene ring substituents is 1. The highest BCUT2D eigenvalue weighted by Crippen LogP contribution is 2.47. The summed E-state index contributed by atoms with van der Waals surface area (Å²) in [5.41, 5.74) is 2.92. The lowest BCUT2D eigenvalue weighted by molar-refractivity contribution is -0.384. The van der Waals surface area contributed by atoms with Crippen molar-refractivity contribution in [2.45, 2.75) is 45.1 Å². The van der Waals surface area contributed by atoms with Gasteiger partial charge >= 0.3 is 5.97 Å². The van der Waals surface area contributed by atoms with E-state index in [1.807, 2.05) is 37.3 Å². The van der Waals surface area contributed by atoms with E-state index in [2.05, 4.69) is 5.16 Å². The quantitative estimate of drug-likeness (QED) is 0.273. The highest BCUT2D eigenvalue weighted by molar-refractivity contribution is 6.04. The van der Waals surface area contributed by atoms with Crippen LogP contribution in [0.25, 0.3) is 0 Å². The Hall–Kier alpha value is -4.05. The second-order valence-corrected chi connectivity index (χ2v) is 9.28. The molecule has 2 aromatic carbocycles. The summed E-state index contributed by atoms with van der Waals surface area (Å²) in [6.45, 7) is 3.41. The molecule has 5 rings (SSSR count). The predicted octanol–water partition coefficient (Wildman–Crippen LogP) is 2.94. The van der Waals surface area contributed by atoms with Gasteiger partial charge in [0.25, 0.3) is 5.69 Å². The number of aliphatic hydroxyl groups excluding tert-OH is 1. The predicted molar refractivity (Wildman–Crippen MR) is 127 cm³/mol. The van der Waals surface area contributed by atoms with E-state index in [1.54, 1.807) is 6.92 Å². The third-order valence-corrected chi connectivity index (χ3v) is 7.04. The van der Waals surface area contributed by atoms with Gasteiger partial charge in [-0.05, 0) is 36.6 Å². The molecule has 0 radical (unpaired) electrons. The molecule has 1 N–H and O–H groups in total. The minimum Gasteiger partial charge on any atom is -0.456 e. The van der Waals surface area contributed by atoms with Gasteiger partial charge in [-0.25, -0.2) is 4.79 Å². The number of carbonyl (C=O) groups excluding carboxylic acids is 2. The molecule has 0 aliphatic carbocycles. The first-order chi connectivity index (χ1) is 17.3. The van der Waals surface area contributed by atoms with Gasteiger partial charge < -0.3 is 19.6 Å². The van der Waals surface area contributed by atoms with Crippen LogP contribution >= 0.6 is 0 Å². The van der Waals surface area contributed by atoms with Crippen LogP contribution in [0.4, 0.5) is 5.69 Å². The van der Waals surface area contributed by atoms with Crippen LogP contribution < -0.4 is 0 Å². The summed E-state index contributed by atoms with van der Waals surface area (Å²) >= 11 is 0. The van der Waals surface area contributed by atoms with Crippen molar-refractivity contribution in [1.29, 1.82) is 0 Å². The zero-order valence-electron chi connectivity index (χ0n) is 19.7. The monoisotopic (exact) mass is 491 g/mol. The molecule has 186 valence electrons. The number of esters is 1. The van der Waals surface area contributed by atoms with Crippen molar-refractivity contribution in [3.05, 3.63) is 87.1 Å². The summed E-state index contributed by atoms with van der Waals surface area (Å²) in [5.74, 6) is -1.81. The molecule has 36 heavy (non-hydrogen) atoms. The van der Waals surface area contributed by atoms with Crippen molar-refractivity contribution < 1.29 is 29.2 Å². The van der Waals surface area contributed by atoms with Crippen molar-refractivity contribution in [1.82, 2.24) is 4.90 Å². The minimum absolute atomic E-state index is 0.0642. The van der Waals surface area contributed by atoms with Gasteiger partial charge in [-0.2, -0.15) is 0 Å². The second kappa shape index (κ2) is 9.19. The Morgan fingerprint density at radius 1 is 1.25 bits per heavy atom. The maximum atomic E-state index is 13.3. The highest BCUT2D eigenvalue weighted by atomic mass is 16.6. The largest absolute Gasteiger partial charge is 0.456 e. The molecule has 1 fully saturated rings. The summed E-state index contributed by atoms with van der Waals surface area (Å²) in [5, 5.41) is 25.3. The standard InChI is InChI=1S/C26H25N3O7/c1-14-22(17-6-4-3-5-7-17)27-36-24(14)19-12-20-21(15(2)30)25(31)28(20)23(19)26(32)35-13-16-8-10-18(11-9-16)29(33)34/h3-11,14-15,20-21,24,30H,12-13H2,1-2H3/t14-,15-,20-,21-,24-/m1/s1. The topological polar surface area (TPSA) is 132 Å². The number of amides is 1. The molecule has 0 aromatic heterocycles. The Labute approximate surface area is 206 Å². The number of non-ortho nitro benzene ring substituents is 1. The van der Waals surface area contributed by atoms with Crippen LogP contribution in [0.1, 0.15) is 31.4 Å². The van der Waals surface area contributed by atoms with Crippen LogP contribution in [0.2, 0.25) is 0 Å². The average Bonchev–Trinajstić information content (AvgIpc) is 3.40. The van der Waals surface area contributed by atoms with E-state index >= 15 is 0 Å². The van der Waals surface area contributed by atoms with Gasteiger partial charge in [0, 0.05) is 23.6 Å². The third-order valence-electron chi connectivity index (χ3n) is 7.04. The lowest BCUT2D eigenvalue weighted by Gasteiger charge is -2.44. The average molecular weight is 492 g/mol. The fourth-order valence-corrected chi connectivity index (χ4v) is 5.20. The smallest absolute Gasteiger partial charge is 0.355 e. The molecular formula is C26H25N3O7. The van der Waals surface area contributed by atoms with Gasteiger partial charge in [-0.3, -0.25) is 14.9 Å². The minimum atomic E-state index is -0.853. The first-order valence-corrected chi connectivity index (χ1v) is 11.7. The number of oxime groups is 1. The number of aliphatic hydroxyl groups is 1. The van der Waals surface area contributed by atoms with Crippen molar-refractivity contribution in [2.24, 2.45) is 17.0 Å². The van der Waals surface area contributed by atoms with Gasteiger partial charge in [0.1, 0.15) is 12.3 Å². The number of ether oxygens (including phenoxy) is 1. The molecule has 0 spiro atoms. The molecule has 1 amide bonds. The summed E-state index contributed by atoms with van der Waals surface area (Å²) in [6.07, 6.45) is -1.04. The molecule has 3 aliphatic rings. The maximum Gasteiger partial charge on any atom is 0.355 e. The van der Waals surface area contributed by atoms with Gasteiger partial charge in [-0.1, -0.05) is 42.4 Å². The number of carbonyl (C=O) groups is 2. The van der Waals surface area contributed by atoms with E-state index in [0.29, 0.717) is 17.6 Å². The third kappa shape index (κ3) is 3.93. The summed E-state index contributed by atoms with van der Waals surface area (Å²) < 4.78 is 5.53. The molecule has 2 aromatic rings. The molecule has 3 heterocycles. The normalized spacial score (nSPS) is 25.6. The zero-order valence-corrected chi connectivity index (χ0v) is 19.7. The van der Waals surface area contributed by atoms with Crippen LogP contribution in [0.15, 0.2) is 71.0 Å². The number of fused-ring (bicyclic) bond motifs is 1. The highest BCUT2D eigenvalue weighted by Gasteiger charge is 2.59. The Balaban J connectivity index is 1.40. The molecule has 5 atom stereocenters. The Bertz CT molecular complexity index is 1270. The van der Waals surface area contributed by atoms with Gasteiger partial charge in [0.05, 0.1) is 28.7 Å². The van der Waals surface area contributed by atoms with E-state index in [-0.39, 0.29) is 35.9 Å². The number of benzene rings is 2. The number of nitro groups is 1. The lowest BCUT2D eigenvalue weighted by Crippen LogP contribution is -2.61. The van der Waals surface area contributed by atoms with Gasteiger partial charge in [0.2, 0.25) is 5.91 Å². The Morgan fingerprint density at radius 3 is 2.58 bits per heavy atom. The van der Waals surface area contributed by atoms with Crippen LogP contribution in [0.3, 0.4) is 0 Å². The van der Waals surface area contributed by atoms with Gasteiger partial charge in [0.15, 0.2) is 6.10 Å². The maximum absolute atomic E-state index is 13.3. The number of nitrogens with zero attached hydrogens (tertiary/aromatic N) is 3. The van der Waals surface area contributed by atoms with Crippen LogP contribution in [-0.4, -0.2) is 50.8 Å². The van der Waals surface area contributed by atoms with Crippen molar-refractivity contribution in [3.8, 4) is 0 Å². The lowest BCUT2D eigenvalue weighted by atomic mass is 9.81. The Morgan fingerprint density at radius 2 is 1.94 bits per heavy atom. The number of hydrogen-bond donors (Lipinski definition) is 1. The first kappa shape index (κ1) is 23.7. The zero-order chi connectivity index (χ0) is 25.6. The van der Waals surface area contributed by atoms with E-state index in [4.69, 9.17) is 9.57 Å². The summed E-state index contributed by atoms with van der Waals surface area (Å²) in [4.78, 5) is 43.8. The summed E-state index contributed by atoms with van der Waals surface area (Å²) in [6, 6.07) is 14.9. The molecule has 3 aliphatic heterocycles. The molecule has 0 bridgehead atoms. The van der Waals surface area contributed by atoms with E-state index in [0.717, 1.165) is 11.3 Å². The van der Waals surface area contributed by atoms with Crippen LogP contribution in [-0.2, 0) is 25.8 Å². The second-order valence-electron chi connectivity index (χ2n) is 9.28. The number of rotatable bonds is 7. The van der Waals surface area contributed by atoms with Crippen molar-refractivity contribution >= 4 is 23.3 Å². The van der Waals surface area contributed by atoms with Crippen molar-refractivity contribution in [2.75, 3.05) is 0 Å². The number of hydrogen-bond acceptors (Lipinski definition) is 8. The van der Waals surface area contributed by atoms with Gasteiger partial charge in [-0.15, -0.1) is 0 Å². The van der Waals surface area contributed by atoms with Crippen LogP contribution in [0.5, 0.6) is 0 Å². The summed E-state index contributed by atoms with van der Waals surface area (Å²) in [7, 11) is 0. The van der Waals surface area contributed by atoms with E-state index < -0.39 is 29.0 Å². The molecule has 10 nitrogen and oxygen atoms in total. The molecular weight excluding hydrogens is 466 g/mol. The first-order valence-electron chi connectivity index (χ1n) is 11.7. The SMILES string of the molecule is C[C@@H]1C(c2ccccc2)=NO[C@H]1C1=C(C(=O)OCc2ccc([N+](=O)[O-])cc2)N2C(=O)[C@H]([C@@H](C)O)[C@H]2C1. The fourth-order valence-electron chi connectivity index (χ4n) is 5.20. The van der Waals surface area contributed by atoms with Crippen LogP contribution in [0, 0.1) is 22.0 Å². The molecule has 1 saturated heterocycles. The fraction of sp³-hybridized carbons (Fsp3) is 0.346. The Kier molecular flexibility index (Phi) is 6.05. The van der Waals surface area contributed by atoms with E-state index in [9.17, 15) is 24.8 Å². The van der Waals surface area contributed by atoms with E-state index in [1.165, 1.54) is 29.2 Å². The molecule has 10 heteroatoms.